The lowest BCUT2D eigenvalue weighted by atomic mass is 9.74. The van der Waals surface area contributed by atoms with Crippen LogP contribution in [0.3, 0.4) is 0 Å². The van der Waals surface area contributed by atoms with Crippen LogP contribution in [0.1, 0.15) is 32.1 Å². The molecule has 3 N–H and O–H groups in total. The van der Waals surface area contributed by atoms with Crippen molar-refractivity contribution >= 4 is 5.97 Å². The highest BCUT2D eigenvalue weighted by Gasteiger charge is 2.59. The van der Waals surface area contributed by atoms with Crippen molar-refractivity contribution in [3.8, 4) is 0 Å². The number of nitrogens with one attached hydrogen (secondary N) is 1. The number of aliphatic hydroxyl groups is 1. The number of H-pyrrole nitrogens is 1. The fourth-order valence-corrected chi connectivity index (χ4v) is 2.52. The molecule has 3 atom stereocenters. The summed E-state index contributed by atoms with van der Waals surface area (Å²) in [4.78, 5) is 37.0. The Morgan fingerprint density at radius 2 is 2.14 bits per heavy atom. The van der Waals surface area contributed by atoms with Gasteiger partial charge in [0, 0.05) is 18.2 Å². The lowest BCUT2D eigenvalue weighted by molar-refractivity contribution is -0.166. The van der Waals surface area contributed by atoms with E-state index in [1.54, 1.807) is 0 Å². The Balaban J connectivity index is 2.50. The summed E-state index contributed by atoms with van der Waals surface area (Å²) in [6.45, 7) is 3.99. The summed E-state index contributed by atoms with van der Waals surface area (Å²) in [6, 6.07) is 0. The lowest BCUT2D eigenvalue weighted by Gasteiger charge is -2.33. The minimum Gasteiger partial charge on any atom is -0.481 e. The molecule has 0 radical (unpaired) electrons. The molecule has 3 unspecified atom stereocenters. The van der Waals surface area contributed by atoms with Gasteiger partial charge in [-0.2, -0.15) is 0 Å². The van der Waals surface area contributed by atoms with Gasteiger partial charge < -0.3 is 14.9 Å². The smallest absolute Gasteiger partial charge is 0.330 e. The predicted octanol–water partition coefficient (Wildman–Crippen LogP) is -0.394. The lowest BCUT2D eigenvalue weighted by Crippen LogP contribution is -2.48. The first-order valence-corrected chi connectivity index (χ1v) is 6.49. The summed E-state index contributed by atoms with van der Waals surface area (Å²) in [5, 5.41) is 18.9. The van der Waals surface area contributed by atoms with Gasteiger partial charge in [0.1, 0.15) is 17.2 Å². The topological polar surface area (TPSA) is 122 Å². The van der Waals surface area contributed by atoms with E-state index in [1.807, 2.05) is 0 Å². The first-order chi connectivity index (χ1) is 9.64. The third-order valence-electron chi connectivity index (χ3n) is 4.38. The minimum atomic E-state index is -1.35. The molecule has 1 aliphatic heterocycles. The SMILES string of the molecule is Cc1cn(C2CC(C)(C(=O)O)C(C)(CO)O2)c(=O)[nH]c1=O. The zero-order valence-corrected chi connectivity index (χ0v) is 12.0. The summed E-state index contributed by atoms with van der Waals surface area (Å²) in [5.41, 5.74) is -3.54. The van der Waals surface area contributed by atoms with Crippen molar-refractivity contribution in [2.75, 3.05) is 6.61 Å². The van der Waals surface area contributed by atoms with Gasteiger partial charge in [0.15, 0.2) is 0 Å². The highest BCUT2D eigenvalue weighted by atomic mass is 16.5. The molecule has 116 valence electrons. The predicted molar refractivity (Wildman–Crippen MR) is 72.0 cm³/mol. The van der Waals surface area contributed by atoms with Gasteiger partial charge in [-0.25, -0.2) is 4.79 Å². The van der Waals surface area contributed by atoms with E-state index < -0.39 is 41.1 Å². The highest BCUT2D eigenvalue weighted by molar-refractivity contribution is 5.76. The molecule has 1 aromatic heterocycles. The fourth-order valence-electron chi connectivity index (χ4n) is 2.52. The molecule has 8 heteroatoms. The number of aryl methyl sites for hydroxylation is 1. The van der Waals surface area contributed by atoms with E-state index >= 15 is 0 Å². The van der Waals surface area contributed by atoms with Gasteiger partial charge in [-0.3, -0.25) is 19.1 Å². The molecule has 1 fully saturated rings. The molecule has 8 nitrogen and oxygen atoms in total. The number of aromatic nitrogens is 2. The molecular formula is C13H18N2O6. The maximum absolute atomic E-state index is 11.9. The maximum Gasteiger partial charge on any atom is 0.330 e. The van der Waals surface area contributed by atoms with Gasteiger partial charge in [0.2, 0.25) is 0 Å². The van der Waals surface area contributed by atoms with Crippen molar-refractivity contribution in [3.63, 3.8) is 0 Å². The molecule has 21 heavy (non-hydrogen) atoms. The van der Waals surface area contributed by atoms with Crippen LogP contribution in [-0.2, 0) is 9.53 Å². The number of aliphatic carboxylic acids is 1. The summed E-state index contributed by atoms with van der Waals surface area (Å²) < 4.78 is 6.80. The number of carboxylic acids is 1. The van der Waals surface area contributed by atoms with Crippen LogP contribution in [0.4, 0.5) is 0 Å². The molecule has 0 amide bonds. The molecule has 2 heterocycles. The zero-order valence-electron chi connectivity index (χ0n) is 12.0. The minimum absolute atomic E-state index is 0.00475. The summed E-state index contributed by atoms with van der Waals surface area (Å²) >= 11 is 0. The number of ether oxygens (including phenoxy) is 1. The van der Waals surface area contributed by atoms with Gasteiger partial charge >= 0.3 is 11.7 Å². The average Bonchev–Trinajstić information content (AvgIpc) is 2.68. The number of carbonyl (C=O) groups is 1. The Morgan fingerprint density at radius 3 is 2.62 bits per heavy atom. The van der Waals surface area contributed by atoms with E-state index in [1.165, 1.54) is 27.0 Å². The van der Waals surface area contributed by atoms with Gasteiger partial charge in [-0.05, 0) is 20.8 Å². The largest absolute Gasteiger partial charge is 0.481 e. The van der Waals surface area contributed by atoms with Crippen molar-refractivity contribution in [2.24, 2.45) is 5.41 Å². The standard InChI is InChI=1S/C13H18N2O6/c1-7-5-15(11(20)14-9(7)17)8-4-12(2,10(18)19)13(3,6-16)21-8/h5,8,16H,4,6H2,1-3H3,(H,18,19)(H,14,17,20). The Labute approximate surface area is 120 Å². The maximum atomic E-state index is 11.9. The molecule has 0 aromatic carbocycles. The van der Waals surface area contributed by atoms with Crippen molar-refractivity contribution in [1.29, 1.82) is 0 Å². The molecule has 2 rings (SSSR count). The molecular weight excluding hydrogens is 280 g/mol. The third-order valence-corrected chi connectivity index (χ3v) is 4.38. The number of aliphatic hydroxyl groups excluding tert-OH is 1. The number of nitrogens with zero attached hydrogens (tertiary/aromatic N) is 1. The van der Waals surface area contributed by atoms with Gasteiger partial charge in [-0.15, -0.1) is 0 Å². The van der Waals surface area contributed by atoms with Crippen LogP contribution < -0.4 is 11.2 Å². The first-order valence-electron chi connectivity index (χ1n) is 6.49. The quantitative estimate of drug-likeness (QED) is 0.698. The molecule has 0 bridgehead atoms. The van der Waals surface area contributed by atoms with E-state index in [-0.39, 0.29) is 6.42 Å². The first kappa shape index (κ1) is 15.5. The monoisotopic (exact) mass is 298 g/mol. The van der Waals surface area contributed by atoms with Crippen LogP contribution in [0.15, 0.2) is 15.8 Å². The number of rotatable bonds is 3. The second-order valence-electron chi connectivity index (χ2n) is 5.78. The Morgan fingerprint density at radius 1 is 1.52 bits per heavy atom. The number of carboxylic acid groups (broad SMARTS) is 1. The molecule has 1 saturated heterocycles. The zero-order chi connectivity index (χ0) is 16.0. The molecule has 0 saturated carbocycles. The Kier molecular flexibility index (Phi) is 3.54. The van der Waals surface area contributed by atoms with E-state index in [4.69, 9.17) is 4.74 Å². The van der Waals surface area contributed by atoms with Gasteiger partial charge in [-0.1, -0.05) is 0 Å². The van der Waals surface area contributed by atoms with E-state index in [9.17, 15) is 24.6 Å². The van der Waals surface area contributed by atoms with Crippen molar-refractivity contribution in [2.45, 2.75) is 39.0 Å². The van der Waals surface area contributed by atoms with E-state index in [0.717, 1.165) is 4.57 Å². The van der Waals surface area contributed by atoms with Crippen molar-refractivity contribution < 1.29 is 19.7 Å². The van der Waals surface area contributed by atoms with Crippen LogP contribution in [0, 0.1) is 12.3 Å². The van der Waals surface area contributed by atoms with Crippen LogP contribution in [0.2, 0.25) is 0 Å². The fraction of sp³-hybridized carbons (Fsp3) is 0.615. The number of aromatic amines is 1. The van der Waals surface area contributed by atoms with E-state index in [0.29, 0.717) is 5.56 Å². The van der Waals surface area contributed by atoms with E-state index in [2.05, 4.69) is 4.98 Å². The second kappa shape index (κ2) is 4.81. The van der Waals surface area contributed by atoms with Gasteiger partial charge in [0.05, 0.1) is 6.61 Å². The summed E-state index contributed by atoms with van der Waals surface area (Å²) in [7, 11) is 0. The highest BCUT2D eigenvalue weighted by Crippen LogP contribution is 2.49. The van der Waals surface area contributed by atoms with Crippen LogP contribution in [0.5, 0.6) is 0 Å². The molecule has 1 aliphatic rings. The summed E-state index contributed by atoms with van der Waals surface area (Å²) in [6.07, 6.45) is 0.466. The number of hydrogen-bond donors (Lipinski definition) is 3. The summed E-state index contributed by atoms with van der Waals surface area (Å²) in [5.74, 6) is -1.12. The number of hydrogen-bond acceptors (Lipinski definition) is 5. The van der Waals surface area contributed by atoms with Crippen LogP contribution in [0.25, 0.3) is 0 Å². The Bertz CT molecular complexity index is 693. The Hall–Kier alpha value is -1.93. The third kappa shape index (κ3) is 2.20. The molecule has 0 aliphatic carbocycles. The van der Waals surface area contributed by atoms with Crippen LogP contribution >= 0.6 is 0 Å². The normalized spacial score (nSPS) is 32.3. The van der Waals surface area contributed by atoms with Crippen LogP contribution in [-0.4, -0.2) is 37.9 Å². The molecule has 0 spiro atoms. The van der Waals surface area contributed by atoms with Crippen molar-refractivity contribution in [1.82, 2.24) is 9.55 Å². The van der Waals surface area contributed by atoms with Gasteiger partial charge in [0.25, 0.3) is 5.56 Å². The average molecular weight is 298 g/mol. The second-order valence-corrected chi connectivity index (χ2v) is 5.78. The van der Waals surface area contributed by atoms with Crippen molar-refractivity contribution in [3.05, 3.63) is 32.6 Å². The molecule has 1 aromatic rings.